The first-order valence-corrected chi connectivity index (χ1v) is 5.20. The van der Waals surface area contributed by atoms with Crippen molar-refractivity contribution in [3.63, 3.8) is 0 Å². The van der Waals surface area contributed by atoms with E-state index in [1.165, 1.54) is 11.8 Å². The summed E-state index contributed by atoms with van der Waals surface area (Å²) in [4.78, 5) is 11.3. The molecule has 1 rings (SSSR count). The van der Waals surface area contributed by atoms with Crippen molar-refractivity contribution in [2.45, 2.75) is 11.3 Å². The number of carbonyl (C=O) groups is 1. The van der Waals surface area contributed by atoms with Crippen LogP contribution in [0.1, 0.15) is 5.56 Å². The van der Waals surface area contributed by atoms with Crippen LogP contribution in [0.2, 0.25) is 0 Å². The number of alkyl halides is 1. The highest BCUT2D eigenvalue weighted by molar-refractivity contribution is 7.99. The first kappa shape index (κ1) is 11.0. The van der Waals surface area contributed by atoms with E-state index in [2.05, 4.69) is 0 Å². The molecule has 0 saturated carbocycles. The van der Waals surface area contributed by atoms with Gasteiger partial charge in [0.2, 0.25) is 0 Å². The predicted molar refractivity (Wildman–Crippen MR) is 54.5 cm³/mol. The maximum Gasteiger partial charge on any atom is 0.307 e. The Morgan fingerprint density at radius 1 is 1.36 bits per heavy atom. The van der Waals surface area contributed by atoms with Gasteiger partial charge in [0.1, 0.15) is 0 Å². The van der Waals surface area contributed by atoms with E-state index in [-0.39, 0.29) is 13.1 Å². The van der Waals surface area contributed by atoms with E-state index >= 15 is 0 Å². The fraction of sp³-hybridized carbons (Fsp3) is 0.300. The van der Waals surface area contributed by atoms with Crippen LogP contribution in [0.25, 0.3) is 0 Å². The molecule has 0 spiro atoms. The van der Waals surface area contributed by atoms with Gasteiger partial charge in [-0.05, 0) is 17.7 Å². The van der Waals surface area contributed by atoms with Gasteiger partial charge in [-0.25, -0.2) is 0 Å². The van der Waals surface area contributed by atoms with Gasteiger partial charge < -0.3 is 5.11 Å². The summed E-state index contributed by atoms with van der Waals surface area (Å²) in [6.07, 6.45) is 0.0358. The molecule has 1 N–H and O–H groups in total. The molecule has 0 amide bonds. The van der Waals surface area contributed by atoms with Crippen LogP contribution in [0.4, 0.5) is 4.39 Å². The van der Waals surface area contributed by atoms with Gasteiger partial charge in [0.15, 0.2) is 0 Å². The molecule has 0 aliphatic carbocycles. The molecule has 1 aromatic carbocycles. The highest BCUT2D eigenvalue weighted by Gasteiger charge is 2.00. The summed E-state index contributed by atoms with van der Waals surface area (Å²) in [5.74, 6) is -0.396. The van der Waals surface area contributed by atoms with E-state index in [1.54, 1.807) is 12.1 Å². The van der Waals surface area contributed by atoms with E-state index in [4.69, 9.17) is 5.11 Å². The number of thioether (sulfide) groups is 1. The maximum atomic E-state index is 11.8. The van der Waals surface area contributed by atoms with Gasteiger partial charge in [-0.1, -0.05) is 12.1 Å². The minimum atomic E-state index is -0.839. The van der Waals surface area contributed by atoms with Crippen molar-refractivity contribution in [3.05, 3.63) is 29.8 Å². The summed E-state index contributed by atoms with van der Waals surface area (Å²) in [6.45, 7) is -0.346. The van der Waals surface area contributed by atoms with Crippen LogP contribution in [0.3, 0.4) is 0 Å². The monoisotopic (exact) mass is 214 g/mol. The number of benzene rings is 1. The Balaban J connectivity index is 2.54. The molecular formula is C10H11FO2S. The summed E-state index contributed by atoms with van der Waals surface area (Å²) in [5, 5.41) is 8.52. The normalized spacial score (nSPS) is 10.1. The average Bonchev–Trinajstić information content (AvgIpc) is 2.16. The minimum Gasteiger partial charge on any atom is -0.481 e. The second-order valence-electron chi connectivity index (χ2n) is 2.75. The zero-order valence-electron chi connectivity index (χ0n) is 7.57. The zero-order valence-corrected chi connectivity index (χ0v) is 8.39. The first-order chi connectivity index (χ1) is 6.72. The van der Waals surface area contributed by atoms with Crippen molar-refractivity contribution in [1.29, 1.82) is 0 Å². The lowest BCUT2D eigenvalue weighted by atomic mass is 10.2. The molecule has 0 radical (unpaired) electrons. The number of hydrogen-bond donors (Lipinski definition) is 1. The molecule has 1 aromatic rings. The summed E-state index contributed by atoms with van der Waals surface area (Å²) in [7, 11) is 0. The van der Waals surface area contributed by atoms with Gasteiger partial charge in [-0.3, -0.25) is 9.18 Å². The van der Waals surface area contributed by atoms with Gasteiger partial charge in [0.05, 0.1) is 13.1 Å². The molecule has 14 heavy (non-hydrogen) atoms. The van der Waals surface area contributed by atoms with Gasteiger partial charge >= 0.3 is 5.97 Å². The highest BCUT2D eigenvalue weighted by atomic mass is 32.2. The Morgan fingerprint density at radius 3 is 2.50 bits per heavy atom. The lowest BCUT2D eigenvalue weighted by Crippen LogP contribution is -1.99. The molecule has 0 unspecified atom stereocenters. The lowest BCUT2D eigenvalue weighted by Gasteiger charge is -2.00. The summed E-state index contributed by atoms with van der Waals surface area (Å²) in [5.41, 5.74) is 0.766. The van der Waals surface area contributed by atoms with Gasteiger partial charge in [0.25, 0.3) is 0 Å². The van der Waals surface area contributed by atoms with Crippen LogP contribution in [0, 0.1) is 0 Å². The largest absolute Gasteiger partial charge is 0.481 e. The molecule has 0 aliphatic rings. The molecule has 76 valence electrons. The second-order valence-corrected chi connectivity index (χ2v) is 3.92. The van der Waals surface area contributed by atoms with Crippen molar-refractivity contribution < 1.29 is 14.3 Å². The molecular weight excluding hydrogens is 203 g/mol. The molecule has 0 saturated heterocycles. The zero-order chi connectivity index (χ0) is 10.4. The van der Waals surface area contributed by atoms with Crippen LogP contribution >= 0.6 is 11.8 Å². The lowest BCUT2D eigenvalue weighted by molar-refractivity contribution is -0.136. The van der Waals surface area contributed by atoms with Gasteiger partial charge in [-0.15, -0.1) is 11.8 Å². The standard InChI is InChI=1S/C10H11FO2S/c11-5-6-14-9-3-1-8(2-4-9)7-10(12)13/h1-4H,5-7H2,(H,12,13). The number of halogens is 1. The van der Waals surface area contributed by atoms with Crippen molar-refractivity contribution in [1.82, 2.24) is 0 Å². The van der Waals surface area contributed by atoms with E-state index in [0.29, 0.717) is 5.75 Å². The van der Waals surface area contributed by atoms with Crippen molar-refractivity contribution in [3.8, 4) is 0 Å². The predicted octanol–water partition coefficient (Wildman–Crippen LogP) is 2.38. The topological polar surface area (TPSA) is 37.3 Å². The molecule has 0 aromatic heterocycles. The number of rotatable bonds is 5. The minimum absolute atomic E-state index is 0.0358. The van der Waals surface area contributed by atoms with Gasteiger partial charge in [0, 0.05) is 10.6 Å². The molecule has 0 atom stereocenters. The molecule has 0 bridgehead atoms. The molecule has 4 heteroatoms. The van der Waals surface area contributed by atoms with Crippen LogP contribution in [0.15, 0.2) is 29.2 Å². The Labute approximate surface area is 86.1 Å². The maximum absolute atomic E-state index is 11.8. The van der Waals surface area contributed by atoms with Crippen molar-refractivity contribution in [2.75, 3.05) is 12.4 Å². The Hall–Kier alpha value is -1.03. The third-order valence-corrected chi connectivity index (χ3v) is 2.59. The molecule has 0 aliphatic heterocycles. The molecule has 0 heterocycles. The fourth-order valence-corrected chi connectivity index (χ4v) is 1.68. The SMILES string of the molecule is O=C(O)Cc1ccc(SCCF)cc1. The van der Waals surface area contributed by atoms with Crippen LogP contribution in [-0.2, 0) is 11.2 Å². The van der Waals surface area contributed by atoms with Crippen LogP contribution in [-0.4, -0.2) is 23.5 Å². The van der Waals surface area contributed by atoms with Gasteiger partial charge in [-0.2, -0.15) is 0 Å². The number of hydrogen-bond acceptors (Lipinski definition) is 2. The third-order valence-electron chi connectivity index (χ3n) is 1.62. The number of carboxylic acids is 1. The van der Waals surface area contributed by atoms with Crippen LogP contribution in [0.5, 0.6) is 0 Å². The summed E-state index contributed by atoms with van der Waals surface area (Å²) < 4.78 is 11.8. The van der Waals surface area contributed by atoms with Crippen LogP contribution < -0.4 is 0 Å². The van der Waals surface area contributed by atoms with E-state index < -0.39 is 5.97 Å². The Kier molecular flexibility index (Phi) is 4.46. The third kappa shape index (κ3) is 3.79. The number of carboxylic acid groups (broad SMARTS) is 1. The second kappa shape index (κ2) is 5.65. The molecule has 2 nitrogen and oxygen atoms in total. The summed E-state index contributed by atoms with van der Waals surface area (Å²) >= 11 is 1.43. The average molecular weight is 214 g/mol. The van der Waals surface area contributed by atoms with Crippen molar-refractivity contribution in [2.24, 2.45) is 0 Å². The van der Waals surface area contributed by atoms with E-state index in [9.17, 15) is 9.18 Å². The smallest absolute Gasteiger partial charge is 0.307 e. The number of aliphatic carboxylic acids is 1. The Morgan fingerprint density at radius 2 is 2.00 bits per heavy atom. The van der Waals surface area contributed by atoms with E-state index in [1.807, 2.05) is 12.1 Å². The fourth-order valence-electron chi connectivity index (χ4n) is 1.03. The van der Waals surface area contributed by atoms with E-state index in [0.717, 1.165) is 10.5 Å². The quantitative estimate of drug-likeness (QED) is 0.764. The summed E-state index contributed by atoms with van der Waals surface area (Å²) in [6, 6.07) is 7.15. The molecule has 0 fully saturated rings. The Bertz CT molecular complexity index is 297. The van der Waals surface area contributed by atoms with Crippen molar-refractivity contribution >= 4 is 17.7 Å². The highest BCUT2D eigenvalue weighted by Crippen LogP contribution is 2.18. The first-order valence-electron chi connectivity index (χ1n) is 4.22.